The molecule has 0 saturated carbocycles. The van der Waals surface area contributed by atoms with Crippen molar-refractivity contribution in [2.75, 3.05) is 0 Å². The fraction of sp³-hybridized carbons (Fsp3) is 0.111. The lowest BCUT2D eigenvalue weighted by Crippen LogP contribution is -1.73. The van der Waals surface area contributed by atoms with Crippen LogP contribution in [-0.2, 0) is 0 Å². The molecular weight excluding hydrogens is 173 g/mol. The van der Waals surface area contributed by atoms with Crippen molar-refractivity contribution >= 4 is 21.6 Å². The van der Waals surface area contributed by atoms with Gasteiger partial charge in [-0.3, -0.25) is 0 Å². The number of benzene rings is 1. The molecule has 0 aliphatic carbocycles. The summed E-state index contributed by atoms with van der Waals surface area (Å²) in [6.45, 7) is 1.90. The highest BCUT2D eigenvalue weighted by Crippen LogP contribution is 2.25. The van der Waals surface area contributed by atoms with Crippen molar-refractivity contribution in [1.29, 1.82) is 0 Å². The Morgan fingerprint density at radius 3 is 3.00 bits per heavy atom. The van der Waals surface area contributed by atoms with E-state index in [2.05, 4.69) is 4.98 Å². The molecule has 1 heterocycles. The predicted molar refractivity (Wildman–Crippen MR) is 48.7 cm³/mol. The molecule has 12 heavy (non-hydrogen) atoms. The van der Waals surface area contributed by atoms with E-state index >= 15 is 0 Å². The van der Waals surface area contributed by atoms with Gasteiger partial charge in [0.25, 0.3) is 0 Å². The zero-order chi connectivity index (χ0) is 8.55. The van der Waals surface area contributed by atoms with E-state index in [1.807, 2.05) is 19.4 Å². The van der Waals surface area contributed by atoms with Crippen LogP contribution >= 0.6 is 11.3 Å². The van der Waals surface area contributed by atoms with Gasteiger partial charge in [0.2, 0.25) is 0 Å². The summed E-state index contributed by atoms with van der Waals surface area (Å²) in [7, 11) is 0. The molecule has 0 unspecified atom stereocenters. The summed E-state index contributed by atoms with van der Waals surface area (Å²) >= 11 is 1.38. The van der Waals surface area contributed by atoms with Crippen LogP contribution in [0.1, 0.15) is 11.9 Å². The van der Waals surface area contributed by atoms with Crippen LogP contribution in [0, 0.1) is 12.2 Å². The second-order valence-corrected chi connectivity index (χ2v) is 3.46. The van der Waals surface area contributed by atoms with Crippen molar-refractivity contribution in [3.63, 3.8) is 0 Å². The average molecular weight is 180 g/mol. The first-order valence-corrected chi connectivity index (χ1v) is 4.47. The van der Waals surface area contributed by atoms with E-state index in [4.69, 9.17) is 0 Å². The summed E-state index contributed by atoms with van der Waals surface area (Å²) in [5.41, 5.74) is 0.744. The van der Waals surface area contributed by atoms with Gasteiger partial charge in [-0.1, -0.05) is 13.0 Å². The van der Waals surface area contributed by atoms with E-state index < -0.39 is 0 Å². The maximum absolute atomic E-state index is 13.1. The molecule has 0 fully saturated rings. The minimum atomic E-state index is -0.182. The number of nitrogens with zero attached hydrogens (tertiary/aromatic N) is 1. The number of fused-ring (bicyclic) bond motifs is 1. The lowest BCUT2D eigenvalue weighted by Gasteiger charge is -1.86. The molecule has 0 aliphatic rings. The monoisotopic (exact) mass is 180 g/mol. The third kappa shape index (κ3) is 1.10. The summed E-state index contributed by atoms with van der Waals surface area (Å²) in [4.78, 5) is 4.22. The molecule has 1 aromatic heterocycles. The van der Waals surface area contributed by atoms with E-state index in [9.17, 15) is 4.39 Å². The number of aromatic nitrogens is 1. The molecule has 0 spiro atoms. The maximum Gasteiger partial charge on any atom is 0.142 e. The van der Waals surface area contributed by atoms with Gasteiger partial charge in [0.15, 0.2) is 0 Å². The Balaban J connectivity index is 2.74. The first-order chi connectivity index (χ1) is 5.81. The Morgan fingerprint density at radius 1 is 1.50 bits per heavy atom. The minimum absolute atomic E-state index is 0.182. The number of halogens is 1. The van der Waals surface area contributed by atoms with Gasteiger partial charge < -0.3 is 0 Å². The second kappa shape index (κ2) is 2.83. The minimum Gasteiger partial charge on any atom is -0.241 e. The Bertz CT molecular complexity index is 408. The standard InChI is InChI=1S/C9H7FNS/c1-2-8-11-7-5-3-4-6(10)9(7)12-8/h2-5H,1H3. The van der Waals surface area contributed by atoms with Crippen LogP contribution in [0.4, 0.5) is 4.39 Å². The van der Waals surface area contributed by atoms with E-state index in [0.717, 1.165) is 10.5 Å². The van der Waals surface area contributed by atoms with Gasteiger partial charge in [0.1, 0.15) is 5.82 Å². The van der Waals surface area contributed by atoms with Crippen molar-refractivity contribution in [2.24, 2.45) is 0 Å². The molecule has 2 aromatic rings. The first-order valence-electron chi connectivity index (χ1n) is 3.65. The lowest BCUT2D eigenvalue weighted by molar-refractivity contribution is 0.641. The maximum atomic E-state index is 13.1. The van der Waals surface area contributed by atoms with Gasteiger partial charge in [-0.05, 0) is 12.1 Å². The number of rotatable bonds is 1. The average Bonchev–Trinajstić information content (AvgIpc) is 2.49. The highest BCUT2D eigenvalue weighted by Gasteiger charge is 2.05. The predicted octanol–water partition coefficient (Wildman–Crippen LogP) is 3.01. The topological polar surface area (TPSA) is 12.9 Å². The van der Waals surface area contributed by atoms with E-state index in [1.54, 1.807) is 6.07 Å². The van der Waals surface area contributed by atoms with Crippen LogP contribution in [-0.4, -0.2) is 4.98 Å². The van der Waals surface area contributed by atoms with E-state index in [0.29, 0.717) is 4.70 Å². The highest BCUT2D eigenvalue weighted by molar-refractivity contribution is 7.18. The number of hydrogen-bond acceptors (Lipinski definition) is 2. The molecule has 0 saturated heterocycles. The third-order valence-electron chi connectivity index (χ3n) is 1.63. The molecule has 1 aromatic carbocycles. The van der Waals surface area contributed by atoms with Crippen molar-refractivity contribution < 1.29 is 4.39 Å². The molecule has 0 N–H and O–H groups in total. The molecular formula is C9H7FNS. The number of thiazole rings is 1. The normalized spacial score (nSPS) is 10.8. The Kier molecular flexibility index (Phi) is 1.81. The summed E-state index contributed by atoms with van der Waals surface area (Å²) in [6, 6.07) is 4.96. The zero-order valence-corrected chi connectivity index (χ0v) is 7.36. The van der Waals surface area contributed by atoms with Crippen molar-refractivity contribution in [2.45, 2.75) is 6.92 Å². The third-order valence-corrected chi connectivity index (χ3v) is 2.77. The SMILES string of the molecule is C[CH]c1nc2cccc(F)c2s1. The Labute approximate surface area is 73.9 Å². The smallest absolute Gasteiger partial charge is 0.142 e. The second-order valence-electron chi connectivity index (χ2n) is 2.43. The van der Waals surface area contributed by atoms with Gasteiger partial charge >= 0.3 is 0 Å². The first kappa shape index (κ1) is 7.68. The van der Waals surface area contributed by atoms with E-state index in [-0.39, 0.29) is 5.82 Å². The van der Waals surface area contributed by atoms with Crippen LogP contribution in [0.15, 0.2) is 18.2 Å². The van der Waals surface area contributed by atoms with E-state index in [1.165, 1.54) is 17.4 Å². The largest absolute Gasteiger partial charge is 0.241 e. The van der Waals surface area contributed by atoms with Gasteiger partial charge in [-0.25, -0.2) is 9.37 Å². The highest BCUT2D eigenvalue weighted by atomic mass is 32.1. The fourth-order valence-corrected chi connectivity index (χ4v) is 1.91. The summed E-state index contributed by atoms with van der Waals surface area (Å²) in [5, 5.41) is 0.870. The summed E-state index contributed by atoms with van der Waals surface area (Å²) < 4.78 is 13.7. The lowest BCUT2D eigenvalue weighted by atomic mass is 10.3. The van der Waals surface area contributed by atoms with Crippen LogP contribution in [0.3, 0.4) is 0 Å². The molecule has 0 aliphatic heterocycles. The molecule has 1 radical (unpaired) electrons. The zero-order valence-electron chi connectivity index (χ0n) is 6.54. The molecule has 61 valence electrons. The van der Waals surface area contributed by atoms with Gasteiger partial charge in [-0.15, -0.1) is 11.3 Å². The molecule has 0 atom stereocenters. The number of hydrogen-bond donors (Lipinski definition) is 0. The molecule has 3 heteroatoms. The molecule has 0 amide bonds. The Hall–Kier alpha value is -0.960. The van der Waals surface area contributed by atoms with Crippen molar-refractivity contribution in [3.05, 3.63) is 35.4 Å². The van der Waals surface area contributed by atoms with Crippen LogP contribution in [0.25, 0.3) is 10.2 Å². The molecule has 1 nitrogen and oxygen atoms in total. The van der Waals surface area contributed by atoms with Crippen LogP contribution in [0.5, 0.6) is 0 Å². The molecule has 0 bridgehead atoms. The van der Waals surface area contributed by atoms with Gasteiger partial charge in [0, 0.05) is 6.42 Å². The van der Waals surface area contributed by atoms with Gasteiger partial charge in [0.05, 0.1) is 15.2 Å². The summed E-state index contributed by atoms with van der Waals surface area (Å²) in [6.07, 6.45) is 1.88. The van der Waals surface area contributed by atoms with Crippen LogP contribution in [0.2, 0.25) is 0 Å². The quantitative estimate of drug-likeness (QED) is 0.657. The summed E-state index contributed by atoms with van der Waals surface area (Å²) in [5.74, 6) is -0.182. The van der Waals surface area contributed by atoms with Gasteiger partial charge in [-0.2, -0.15) is 0 Å². The van der Waals surface area contributed by atoms with Crippen LogP contribution < -0.4 is 0 Å². The molecule has 2 rings (SSSR count). The Morgan fingerprint density at radius 2 is 2.33 bits per heavy atom. The van der Waals surface area contributed by atoms with Crippen molar-refractivity contribution in [3.8, 4) is 0 Å². The fourth-order valence-electron chi connectivity index (χ4n) is 1.06. The van der Waals surface area contributed by atoms with Crippen molar-refractivity contribution in [1.82, 2.24) is 4.98 Å².